The molecule has 0 aromatic heterocycles. The van der Waals surface area contributed by atoms with E-state index < -0.39 is 18.1 Å². The number of rotatable bonds is 3. The molecule has 0 heterocycles. The zero-order valence-electron chi connectivity index (χ0n) is 7.46. The summed E-state index contributed by atoms with van der Waals surface area (Å²) in [5, 5.41) is 2.39. The van der Waals surface area contributed by atoms with Crippen molar-refractivity contribution < 1.29 is 14.3 Å². The Kier molecular flexibility index (Phi) is 4.28. The molecule has 0 unspecified atom stereocenters. The van der Waals surface area contributed by atoms with Gasteiger partial charge in [0.15, 0.2) is 0 Å². The van der Waals surface area contributed by atoms with Crippen molar-refractivity contribution >= 4 is 11.9 Å². The fourth-order valence-corrected chi connectivity index (χ4v) is 0.581. The first-order valence-electron chi connectivity index (χ1n) is 3.62. The minimum atomic E-state index is -0.645. The monoisotopic (exact) mass is 174 g/mol. The second-order valence-corrected chi connectivity index (χ2v) is 2.54. The maximum atomic E-state index is 10.9. The molecule has 12 heavy (non-hydrogen) atoms. The quantitative estimate of drug-likeness (QED) is 0.538. The van der Waals surface area contributed by atoms with Crippen LogP contribution in [0, 0.1) is 0 Å². The first kappa shape index (κ1) is 10.9. The summed E-state index contributed by atoms with van der Waals surface area (Å²) in [5.74, 6) is -0.850. The summed E-state index contributed by atoms with van der Waals surface area (Å²) in [6, 6.07) is -1.26. The van der Waals surface area contributed by atoms with Crippen molar-refractivity contribution in [3.8, 4) is 0 Å². The van der Waals surface area contributed by atoms with Crippen LogP contribution >= 0.6 is 0 Å². The Morgan fingerprint density at radius 3 is 2.25 bits per heavy atom. The lowest BCUT2D eigenvalue weighted by atomic mass is 10.3. The topological polar surface area (TPSA) is 81.4 Å². The van der Waals surface area contributed by atoms with Crippen LogP contribution in [-0.2, 0) is 14.3 Å². The van der Waals surface area contributed by atoms with Crippen molar-refractivity contribution in [2.75, 3.05) is 7.11 Å². The summed E-state index contributed by atoms with van der Waals surface area (Å²) in [6.45, 7) is 3.07. The molecule has 0 bridgehead atoms. The lowest BCUT2D eigenvalue weighted by molar-refractivity contribution is -0.144. The molecule has 0 spiro atoms. The average molecular weight is 174 g/mol. The molecule has 0 saturated heterocycles. The predicted molar refractivity (Wildman–Crippen MR) is 43.3 cm³/mol. The van der Waals surface area contributed by atoms with Crippen molar-refractivity contribution in [2.45, 2.75) is 25.9 Å². The molecule has 0 aliphatic rings. The fourth-order valence-electron chi connectivity index (χ4n) is 0.581. The van der Waals surface area contributed by atoms with E-state index in [0.717, 1.165) is 0 Å². The maximum absolute atomic E-state index is 10.9. The maximum Gasteiger partial charge on any atom is 0.328 e. The third kappa shape index (κ3) is 3.34. The minimum absolute atomic E-state index is 0.368. The Morgan fingerprint density at radius 1 is 1.42 bits per heavy atom. The third-order valence-corrected chi connectivity index (χ3v) is 1.33. The lowest BCUT2D eigenvalue weighted by Crippen LogP contribution is -2.46. The van der Waals surface area contributed by atoms with Gasteiger partial charge in [-0.25, -0.2) is 4.79 Å². The number of amides is 1. The van der Waals surface area contributed by atoms with E-state index in [1.54, 1.807) is 6.92 Å². The van der Waals surface area contributed by atoms with Crippen molar-refractivity contribution in [3.05, 3.63) is 0 Å². The Hall–Kier alpha value is -1.10. The van der Waals surface area contributed by atoms with Gasteiger partial charge in [-0.3, -0.25) is 4.79 Å². The Morgan fingerprint density at radius 2 is 1.92 bits per heavy atom. The number of carbonyl (C=O) groups is 2. The first-order valence-corrected chi connectivity index (χ1v) is 3.62. The van der Waals surface area contributed by atoms with E-state index in [1.165, 1.54) is 14.0 Å². The molecule has 0 radical (unpaired) electrons. The van der Waals surface area contributed by atoms with E-state index in [0.29, 0.717) is 0 Å². The van der Waals surface area contributed by atoms with Gasteiger partial charge in [-0.15, -0.1) is 0 Å². The van der Waals surface area contributed by atoms with E-state index in [-0.39, 0.29) is 5.91 Å². The van der Waals surface area contributed by atoms with Crippen molar-refractivity contribution in [1.29, 1.82) is 0 Å². The van der Waals surface area contributed by atoms with Gasteiger partial charge in [-0.2, -0.15) is 0 Å². The smallest absolute Gasteiger partial charge is 0.328 e. The van der Waals surface area contributed by atoms with Crippen LogP contribution in [0.3, 0.4) is 0 Å². The molecule has 0 aliphatic heterocycles. The molecule has 1 amide bonds. The van der Waals surface area contributed by atoms with Crippen LogP contribution in [0.1, 0.15) is 13.8 Å². The number of hydrogen-bond acceptors (Lipinski definition) is 4. The van der Waals surface area contributed by atoms with Crippen molar-refractivity contribution in [1.82, 2.24) is 5.32 Å². The molecule has 0 aliphatic carbocycles. The van der Waals surface area contributed by atoms with Gasteiger partial charge < -0.3 is 15.8 Å². The van der Waals surface area contributed by atoms with Gasteiger partial charge in [-0.05, 0) is 13.8 Å². The SMILES string of the molecule is COC(=O)[C@@H](C)NC(=O)[C@H](C)N. The van der Waals surface area contributed by atoms with Crippen LogP contribution in [0.2, 0.25) is 0 Å². The number of carbonyl (C=O) groups excluding carboxylic acids is 2. The third-order valence-electron chi connectivity index (χ3n) is 1.33. The van der Waals surface area contributed by atoms with Gasteiger partial charge in [0.05, 0.1) is 13.2 Å². The summed E-state index contributed by atoms with van der Waals surface area (Å²) in [6.07, 6.45) is 0. The fraction of sp³-hybridized carbons (Fsp3) is 0.714. The van der Waals surface area contributed by atoms with Gasteiger partial charge in [-0.1, -0.05) is 0 Å². The van der Waals surface area contributed by atoms with Crippen LogP contribution in [0.5, 0.6) is 0 Å². The summed E-state index contributed by atoms with van der Waals surface area (Å²) >= 11 is 0. The lowest BCUT2D eigenvalue weighted by Gasteiger charge is -2.12. The van der Waals surface area contributed by atoms with E-state index in [9.17, 15) is 9.59 Å². The molecule has 3 N–H and O–H groups in total. The number of nitrogens with two attached hydrogens (primary N) is 1. The summed E-state index contributed by atoms with van der Waals surface area (Å²) in [5.41, 5.74) is 5.26. The summed E-state index contributed by atoms with van der Waals surface area (Å²) in [4.78, 5) is 21.7. The number of ether oxygens (including phenoxy) is 1. The standard InChI is InChI=1S/C7H14N2O3/c1-4(8)6(10)9-5(2)7(11)12-3/h4-5H,8H2,1-3H3,(H,9,10)/t4-,5+/m0/s1. The molecular formula is C7H14N2O3. The van der Waals surface area contributed by atoms with Crippen molar-refractivity contribution in [2.24, 2.45) is 5.73 Å². The Labute approximate surface area is 71.3 Å². The highest BCUT2D eigenvalue weighted by Gasteiger charge is 2.17. The average Bonchev–Trinajstić information content (AvgIpc) is 2.02. The molecule has 0 aromatic carbocycles. The molecule has 5 nitrogen and oxygen atoms in total. The van der Waals surface area contributed by atoms with Crippen LogP contribution in [0.15, 0.2) is 0 Å². The highest BCUT2D eigenvalue weighted by atomic mass is 16.5. The van der Waals surface area contributed by atoms with Crippen molar-refractivity contribution in [3.63, 3.8) is 0 Å². The van der Waals surface area contributed by atoms with Gasteiger partial charge in [0.25, 0.3) is 0 Å². The zero-order valence-corrected chi connectivity index (χ0v) is 7.46. The summed E-state index contributed by atoms with van der Waals surface area (Å²) < 4.78 is 4.40. The molecule has 70 valence electrons. The molecule has 5 heteroatoms. The molecule has 0 aromatic rings. The van der Waals surface area contributed by atoms with Gasteiger partial charge in [0.1, 0.15) is 6.04 Å². The largest absolute Gasteiger partial charge is 0.467 e. The minimum Gasteiger partial charge on any atom is -0.467 e. The van der Waals surface area contributed by atoms with Crippen LogP contribution in [-0.4, -0.2) is 31.1 Å². The van der Waals surface area contributed by atoms with E-state index in [1.807, 2.05) is 0 Å². The van der Waals surface area contributed by atoms with Crippen LogP contribution in [0.4, 0.5) is 0 Å². The van der Waals surface area contributed by atoms with Gasteiger partial charge in [0.2, 0.25) is 5.91 Å². The molecule has 0 rings (SSSR count). The normalized spacial score (nSPS) is 14.7. The van der Waals surface area contributed by atoms with E-state index in [2.05, 4.69) is 10.1 Å². The zero-order chi connectivity index (χ0) is 9.72. The Balaban J connectivity index is 3.92. The summed E-state index contributed by atoms with van der Waals surface area (Å²) in [7, 11) is 1.26. The van der Waals surface area contributed by atoms with Gasteiger partial charge >= 0.3 is 5.97 Å². The Bertz CT molecular complexity index is 179. The second kappa shape index (κ2) is 4.71. The predicted octanol–water partition coefficient (Wildman–Crippen LogP) is -0.989. The number of nitrogens with one attached hydrogen (secondary N) is 1. The highest BCUT2D eigenvalue weighted by Crippen LogP contribution is 1.86. The molecule has 0 fully saturated rings. The highest BCUT2D eigenvalue weighted by molar-refractivity contribution is 5.86. The first-order chi connectivity index (χ1) is 5.49. The van der Waals surface area contributed by atoms with Crippen LogP contribution in [0.25, 0.3) is 0 Å². The molecular weight excluding hydrogens is 160 g/mol. The number of methoxy groups -OCH3 is 1. The molecule has 0 saturated carbocycles. The second-order valence-electron chi connectivity index (χ2n) is 2.54. The number of esters is 1. The van der Waals surface area contributed by atoms with Crippen LogP contribution < -0.4 is 11.1 Å². The van der Waals surface area contributed by atoms with Gasteiger partial charge in [0, 0.05) is 0 Å². The molecule has 2 atom stereocenters. The van der Waals surface area contributed by atoms with E-state index >= 15 is 0 Å². The van der Waals surface area contributed by atoms with E-state index in [4.69, 9.17) is 5.73 Å². The number of hydrogen-bond donors (Lipinski definition) is 2.